The number of pyridine rings is 1. The van der Waals surface area contributed by atoms with E-state index in [9.17, 15) is 18.4 Å². The first-order valence-electron chi connectivity index (χ1n) is 9.01. The summed E-state index contributed by atoms with van der Waals surface area (Å²) < 4.78 is 29.8. The molecular formula is C19H21F2N5O2S. The number of rotatable bonds is 7. The molecule has 0 saturated carbocycles. The van der Waals surface area contributed by atoms with Crippen LogP contribution in [0.3, 0.4) is 0 Å². The standard InChI is InChI=1S/C19H21F2N5O2S/c1-3-24-9-13(4-7-17(24)27)16-6-5-15(29-16)11-25-12(2)23-26(19(25)28)10-14(8-22)18(20)21/h4-7,9H,3,8,10-11,22H2,1-2H3. The molecule has 0 fully saturated rings. The summed E-state index contributed by atoms with van der Waals surface area (Å²) in [5, 5.41) is 4.08. The van der Waals surface area contributed by atoms with Gasteiger partial charge < -0.3 is 10.3 Å². The SMILES string of the molecule is CCn1cc(-c2ccc(Cn3c(C)nn(CC(CN)=C(F)F)c3=O)s2)ccc1=O. The molecule has 154 valence electrons. The zero-order chi connectivity index (χ0) is 21.1. The maximum absolute atomic E-state index is 12.8. The van der Waals surface area contributed by atoms with Crippen molar-refractivity contribution in [1.82, 2.24) is 18.9 Å². The second-order valence-corrected chi connectivity index (χ2v) is 7.62. The van der Waals surface area contributed by atoms with Crippen LogP contribution in [0, 0.1) is 6.92 Å². The minimum absolute atomic E-state index is 0.0572. The van der Waals surface area contributed by atoms with Crippen LogP contribution < -0.4 is 17.0 Å². The molecule has 29 heavy (non-hydrogen) atoms. The van der Waals surface area contributed by atoms with Crippen LogP contribution in [-0.4, -0.2) is 25.5 Å². The summed E-state index contributed by atoms with van der Waals surface area (Å²) in [7, 11) is 0. The van der Waals surface area contributed by atoms with E-state index >= 15 is 0 Å². The Kier molecular flexibility index (Phi) is 6.23. The molecular weight excluding hydrogens is 400 g/mol. The predicted molar refractivity (Wildman–Crippen MR) is 108 cm³/mol. The lowest BCUT2D eigenvalue weighted by Gasteiger charge is -2.04. The van der Waals surface area contributed by atoms with E-state index in [1.54, 1.807) is 23.8 Å². The van der Waals surface area contributed by atoms with Gasteiger partial charge in [-0.1, -0.05) is 0 Å². The van der Waals surface area contributed by atoms with Gasteiger partial charge in [0.1, 0.15) is 5.82 Å². The first-order valence-corrected chi connectivity index (χ1v) is 9.82. The van der Waals surface area contributed by atoms with Crippen LogP contribution in [0.5, 0.6) is 0 Å². The molecule has 10 heteroatoms. The third-order valence-electron chi connectivity index (χ3n) is 4.55. The molecule has 0 radical (unpaired) electrons. The highest BCUT2D eigenvalue weighted by atomic mass is 32.1. The fourth-order valence-electron chi connectivity index (χ4n) is 2.91. The fraction of sp³-hybridized carbons (Fsp3) is 0.316. The van der Waals surface area contributed by atoms with Crippen molar-refractivity contribution in [2.75, 3.05) is 6.54 Å². The van der Waals surface area contributed by atoms with Crippen LogP contribution >= 0.6 is 11.3 Å². The predicted octanol–water partition coefficient (Wildman–Crippen LogP) is 2.42. The zero-order valence-electron chi connectivity index (χ0n) is 16.1. The topological polar surface area (TPSA) is 87.8 Å². The molecule has 3 aromatic rings. The van der Waals surface area contributed by atoms with Gasteiger partial charge in [0.05, 0.1) is 13.1 Å². The summed E-state index contributed by atoms with van der Waals surface area (Å²) in [5.41, 5.74) is 5.39. The maximum Gasteiger partial charge on any atom is 0.346 e. The van der Waals surface area contributed by atoms with E-state index < -0.39 is 11.8 Å². The number of nitrogens with two attached hydrogens (primary N) is 1. The lowest BCUT2D eigenvalue weighted by atomic mass is 10.2. The maximum atomic E-state index is 12.8. The molecule has 0 atom stereocenters. The Morgan fingerprint density at radius 1 is 1.21 bits per heavy atom. The number of hydrogen-bond acceptors (Lipinski definition) is 5. The van der Waals surface area contributed by atoms with Crippen LogP contribution in [0.2, 0.25) is 0 Å². The van der Waals surface area contributed by atoms with E-state index in [1.807, 2.05) is 19.1 Å². The van der Waals surface area contributed by atoms with E-state index in [0.717, 1.165) is 20.0 Å². The molecule has 3 aromatic heterocycles. The lowest BCUT2D eigenvalue weighted by Crippen LogP contribution is -2.27. The van der Waals surface area contributed by atoms with Crippen LogP contribution in [0.1, 0.15) is 17.6 Å². The summed E-state index contributed by atoms with van der Waals surface area (Å²) in [6.07, 6.45) is -0.0810. The lowest BCUT2D eigenvalue weighted by molar-refractivity contribution is 0.400. The summed E-state index contributed by atoms with van der Waals surface area (Å²) >= 11 is 1.49. The first kappa shape index (κ1) is 20.9. The third-order valence-corrected chi connectivity index (χ3v) is 5.67. The fourth-order valence-corrected chi connectivity index (χ4v) is 3.90. The number of hydrogen-bond donors (Lipinski definition) is 1. The molecule has 3 heterocycles. The minimum atomic E-state index is -1.89. The molecule has 0 aliphatic carbocycles. The Bertz CT molecular complexity index is 1170. The average Bonchev–Trinajstić information content (AvgIpc) is 3.26. The van der Waals surface area contributed by atoms with Crippen molar-refractivity contribution in [1.29, 1.82) is 0 Å². The van der Waals surface area contributed by atoms with E-state index in [2.05, 4.69) is 5.10 Å². The normalized spacial score (nSPS) is 11.1. The van der Waals surface area contributed by atoms with Crippen molar-refractivity contribution in [3.05, 3.63) is 73.7 Å². The Balaban J connectivity index is 1.86. The quantitative estimate of drug-likeness (QED) is 0.635. The van der Waals surface area contributed by atoms with Gasteiger partial charge in [0.25, 0.3) is 11.6 Å². The molecule has 0 bridgehead atoms. The largest absolute Gasteiger partial charge is 0.346 e. The number of halogens is 2. The molecule has 0 amide bonds. The van der Waals surface area contributed by atoms with E-state index in [4.69, 9.17) is 5.73 Å². The summed E-state index contributed by atoms with van der Waals surface area (Å²) in [4.78, 5) is 26.2. The first-order chi connectivity index (χ1) is 13.8. The van der Waals surface area contributed by atoms with Crippen molar-refractivity contribution >= 4 is 11.3 Å². The third kappa shape index (κ3) is 4.43. The monoisotopic (exact) mass is 421 g/mol. The molecule has 0 unspecified atom stereocenters. The Hall–Kier alpha value is -2.85. The van der Waals surface area contributed by atoms with Gasteiger partial charge in [0.15, 0.2) is 0 Å². The number of aryl methyl sites for hydroxylation is 2. The Morgan fingerprint density at radius 2 is 1.97 bits per heavy atom. The molecule has 0 saturated heterocycles. The van der Waals surface area contributed by atoms with E-state index in [1.165, 1.54) is 22.0 Å². The molecule has 0 aliphatic heterocycles. The van der Waals surface area contributed by atoms with E-state index in [0.29, 0.717) is 12.4 Å². The van der Waals surface area contributed by atoms with Gasteiger partial charge >= 0.3 is 5.69 Å². The number of aromatic nitrogens is 4. The van der Waals surface area contributed by atoms with Gasteiger partial charge in [-0.05, 0) is 32.0 Å². The molecule has 7 nitrogen and oxygen atoms in total. The van der Waals surface area contributed by atoms with E-state index in [-0.39, 0.29) is 30.8 Å². The van der Waals surface area contributed by atoms with Gasteiger partial charge in [0, 0.05) is 46.2 Å². The molecule has 0 spiro atoms. The van der Waals surface area contributed by atoms with Crippen molar-refractivity contribution < 1.29 is 8.78 Å². The van der Waals surface area contributed by atoms with Gasteiger partial charge in [-0.15, -0.1) is 11.3 Å². The highest BCUT2D eigenvalue weighted by Crippen LogP contribution is 2.28. The second-order valence-electron chi connectivity index (χ2n) is 6.45. The van der Waals surface area contributed by atoms with Crippen LogP contribution in [0.4, 0.5) is 8.78 Å². The number of nitrogens with zero attached hydrogens (tertiary/aromatic N) is 4. The van der Waals surface area contributed by atoms with Crippen LogP contribution in [0.25, 0.3) is 10.4 Å². The van der Waals surface area contributed by atoms with Crippen molar-refractivity contribution in [3.63, 3.8) is 0 Å². The van der Waals surface area contributed by atoms with Gasteiger partial charge in [-0.3, -0.25) is 9.36 Å². The van der Waals surface area contributed by atoms with Crippen LogP contribution in [-0.2, 0) is 19.6 Å². The van der Waals surface area contributed by atoms with Gasteiger partial charge in [-0.25, -0.2) is 9.48 Å². The smallest absolute Gasteiger partial charge is 0.327 e. The molecule has 2 N–H and O–H groups in total. The summed E-state index contributed by atoms with van der Waals surface area (Å²) in [5.74, 6) is 0.431. The molecule has 3 rings (SSSR count). The van der Waals surface area contributed by atoms with Crippen molar-refractivity contribution in [2.45, 2.75) is 33.5 Å². The average molecular weight is 421 g/mol. The highest BCUT2D eigenvalue weighted by Gasteiger charge is 2.15. The van der Waals surface area contributed by atoms with Crippen molar-refractivity contribution in [3.8, 4) is 10.4 Å². The Morgan fingerprint density at radius 3 is 2.62 bits per heavy atom. The second kappa shape index (κ2) is 8.66. The van der Waals surface area contributed by atoms with Crippen molar-refractivity contribution in [2.24, 2.45) is 5.73 Å². The van der Waals surface area contributed by atoms with Gasteiger partial charge in [0.2, 0.25) is 0 Å². The Labute approximate surface area is 169 Å². The minimum Gasteiger partial charge on any atom is -0.327 e. The zero-order valence-corrected chi connectivity index (χ0v) is 16.9. The van der Waals surface area contributed by atoms with Crippen LogP contribution in [0.15, 0.2) is 51.7 Å². The highest BCUT2D eigenvalue weighted by molar-refractivity contribution is 7.15. The number of thiophene rings is 1. The summed E-state index contributed by atoms with van der Waals surface area (Å²) in [6, 6.07) is 7.13. The summed E-state index contributed by atoms with van der Waals surface area (Å²) in [6.45, 7) is 3.74. The van der Waals surface area contributed by atoms with Gasteiger partial charge in [-0.2, -0.15) is 13.9 Å². The molecule has 0 aliphatic rings. The molecule has 0 aromatic carbocycles.